The number of nitrogens with zero attached hydrogens (tertiary/aromatic N) is 1. The molecule has 1 saturated heterocycles. The summed E-state index contributed by atoms with van der Waals surface area (Å²) in [6.45, 7) is 2.35. The summed E-state index contributed by atoms with van der Waals surface area (Å²) in [5.41, 5.74) is 5.49. The van der Waals surface area contributed by atoms with E-state index in [4.69, 9.17) is 10.8 Å². The van der Waals surface area contributed by atoms with Crippen LogP contribution in [0.15, 0.2) is 0 Å². The predicted molar refractivity (Wildman–Crippen MR) is 36.7 cm³/mol. The lowest BCUT2D eigenvalue weighted by molar-refractivity contribution is -0.137. The molecule has 0 radical (unpaired) electrons. The molecule has 1 aliphatic heterocycles. The zero-order valence-electron chi connectivity index (χ0n) is 5.79. The third kappa shape index (κ3) is 1.97. The Labute approximate surface area is 59.6 Å². The minimum absolute atomic E-state index is 0.229. The van der Waals surface area contributed by atoms with Crippen LogP contribution in [0.4, 0.5) is 0 Å². The standard InChI is InChI=1S/C6H12N2O2/c7-5-3-8(4-5)2-1-6(9)10/h5H,1-4,7H2,(H,9,10). The molecule has 0 aromatic rings. The number of rotatable bonds is 3. The van der Waals surface area contributed by atoms with Gasteiger partial charge in [0, 0.05) is 25.7 Å². The fourth-order valence-corrected chi connectivity index (χ4v) is 1.05. The van der Waals surface area contributed by atoms with Crippen LogP contribution in [0.1, 0.15) is 6.42 Å². The van der Waals surface area contributed by atoms with Crippen LogP contribution in [0.3, 0.4) is 0 Å². The van der Waals surface area contributed by atoms with Crippen LogP contribution in [0.2, 0.25) is 0 Å². The lowest BCUT2D eigenvalue weighted by Crippen LogP contribution is -2.55. The van der Waals surface area contributed by atoms with E-state index in [1.807, 2.05) is 4.90 Å². The molecule has 0 aromatic carbocycles. The molecule has 1 rings (SSSR count). The smallest absolute Gasteiger partial charge is 0.304 e. The monoisotopic (exact) mass is 144 g/mol. The molecule has 10 heavy (non-hydrogen) atoms. The SMILES string of the molecule is NC1CN(CCC(=O)O)C1. The number of carbonyl (C=O) groups is 1. The Morgan fingerprint density at radius 1 is 1.70 bits per heavy atom. The van der Waals surface area contributed by atoms with Gasteiger partial charge in [-0.25, -0.2) is 0 Å². The predicted octanol–water partition coefficient (Wildman–Crippen LogP) is -0.896. The molecule has 1 heterocycles. The van der Waals surface area contributed by atoms with Gasteiger partial charge in [-0.2, -0.15) is 0 Å². The lowest BCUT2D eigenvalue weighted by Gasteiger charge is -2.36. The van der Waals surface area contributed by atoms with Gasteiger partial charge in [-0.15, -0.1) is 0 Å². The van der Waals surface area contributed by atoms with Gasteiger partial charge in [0.25, 0.3) is 0 Å². The van der Waals surface area contributed by atoms with E-state index in [0.717, 1.165) is 13.1 Å². The number of hydrogen-bond donors (Lipinski definition) is 2. The number of likely N-dealkylation sites (tertiary alicyclic amines) is 1. The van der Waals surface area contributed by atoms with Crippen molar-refractivity contribution in [1.82, 2.24) is 4.90 Å². The molecule has 3 N–H and O–H groups in total. The van der Waals surface area contributed by atoms with Crippen LogP contribution >= 0.6 is 0 Å². The fourth-order valence-electron chi connectivity index (χ4n) is 1.05. The number of aliphatic carboxylic acids is 1. The van der Waals surface area contributed by atoms with Crippen molar-refractivity contribution >= 4 is 5.97 Å². The third-order valence-electron chi connectivity index (χ3n) is 1.63. The molecular weight excluding hydrogens is 132 g/mol. The Hall–Kier alpha value is -0.610. The molecule has 0 unspecified atom stereocenters. The lowest BCUT2D eigenvalue weighted by atomic mass is 10.1. The van der Waals surface area contributed by atoms with E-state index in [1.165, 1.54) is 0 Å². The van der Waals surface area contributed by atoms with Gasteiger partial charge < -0.3 is 10.8 Å². The van der Waals surface area contributed by atoms with Gasteiger partial charge in [0.1, 0.15) is 0 Å². The van der Waals surface area contributed by atoms with Crippen molar-refractivity contribution < 1.29 is 9.90 Å². The first-order valence-electron chi connectivity index (χ1n) is 3.38. The Bertz CT molecular complexity index is 132. The molecule has 0 saturated carbocycles. The van der Waals surface area contributed by atoms with E-state index in [2.05, 4.69) is 0 Å². The second-order valence-electron chi connectivity index (χ2n) is 2.66. The minimum atomic E-state index is -0.736. The summed E-state index contributed by atoms with van der Waals surface area (Å²) in [7, 11) is 0. The quantitative estimate of drug-likeness (QED) is 0.539. The maximum absolute atomic E-state index is 10.1. The number of hydrogen-bond acceptors (Lipinski definition) is 3. The third-order valence-corrected chi connectivity index (χ3v) is 1.63. The average molecular weight is 144 g/mol. The topological polar surface area (TPSA) is 66.6 Å². The molecular formula is C6H12N2O2. The maximum Gasteiger partial charge on any atom is 0.304 e. The van der Waals surface area contributed by atoms with Gasteiger partial charge in [0.2, 0.25) is 0 Å². The Morgan fingerprint density at radius 2 is 2.30 bits per heavy atom. The van der Waals surface area contributed by atoms with Gasteiger partial charge >= 0.3 is 5.97 Å². The van der Waals surface area contributed by atoms with Crippen molar-refractivity contribution in [3.63, 3.8) is 0 Å². The first kappa shape index (κ1) is 7.50. The van der Waals surface area contributed by atoms with Crippen LogP contribution in [0, 0.1) is 0 Å². The summed E-state index contributed by atoms with van der Waals surface area (Å²) in [4.78, 5) is 12.1. The largest absolute Gasteiger partial charge is 0.481 e. The molecule has 0 amide bonds. The summed E-state index contributed by atoms with van der Waals surface area (Å²) in [6, 6.07) is 0.272. The molecule has 1 fully saturated rings. The zero-order chi connectivity index (χ0) is 7.56. The summed E-state index contributed by atoms with van der Waals surface area (Å²) in [5.74, 6) is -0.736. The van der Waals surface area contributed by atoms with Crippen LogP contribution in [0.5, 0.6) is 0 Å². The second-order valence-corrected chi connectivity index (χ2v) is 2.66. The van der Waals surface area contributed by atoms with E-state index >= 15 is 0 Å². The highest BCUT2D eigenvalue weighted by Crippen LogP contribution is 2.04. The van der Waals surface area contributed by atoms with E-state index in [-0.39, 0.29) is 12.5 Å². The maximum atomic E-state index is 10.1. The molecule has 4 nitrogen and oxygen atoms in total. The molecule has 4 heteroatoms. The van der Waals surface area contributed by atoms with Crippen molar-refractivity contribution in [1.29, 1.82) is 0 Å². The van der Waals surface area contributed by atoms with E-state index in [1.54, 1.807) is 0 Å². The van der Waals surface area contributed by atoms with Crippen molar-refractivity contribution in [3.05, 3.63) is 0 Å². The van der Waals surface area contributed by atoms with Gasteiger partial charge in [-0.3, -0.25) is 9.69 Å². The molecule has 0 atom stereocenters. The summed E-state index contributed by atoms with van der Waals surface area (Å²) < 4.78 is 0. The van der Waals surface area contributed by atoms with Gasteiger partial charge in [0.05, 0.1) is 6.42 Å². The van der Waals surface area contributed by atoms with Crippen LogP contribution in [-0.2, 0) is 4.79 Å². The highest BCUT2D eigenvalue weighted by Gasteiger charge is 2.22. The number of carboxylic acids is 1. The second kappa shape index (κ2) is 2.98. The average Bonchev–Trinajstić information content (AvgIpc) is 1.77. The van der Waals surface area contributed by atoms with Crippen molar-refractivity contribution in [2.75, 3.05) is 19.6 Å². The van der Waals surface area contributed by atoms with Gasteiger partial charge in [-0.05, 0) is 0 Å². The number of carboxylic acid groups (broad SMARTS) is 1. The van der Waals surface area contributed by atoms with E-state index in [0.29, 0.717) is 6.54 Å². The fraction of sp³-hybridized carbons (Fsp3) is 0.833. The van der Waals surface area contributed by atoms with E-state index in [9.17, 15) is 4.79 Å². The van der Waals surface area contributed by atoms with Gasteiger partial charge in [-0.1, -0.05) is 0 Å². The molecule has 0 aliphatic carbocycles. The summed E-state index contributed by atoms with van der Waals surface area (Å²) in [6.07, 6.45) is 0.229. The Kier molecular flexibility index (Phi) is 2.24. The highest BCUT2D eigenvalue weighted by molar-refractivity contribution is 5.66. The van der Waals surface area contributed by atoms with Crippen molar-refractivity contribution in [3.8, 4) is 0 Å². The molecule has 58 valence electrons. The van der Waals surface area contributed by atoms with Gasteiger partial charge in [0.15, 0.2) is 0 Å². The number of nitrogens with two attached hydrogens (primary N) is 1. The van der Waals surface area contributed by atoms with E-state index < -0.39 is 5.97 Å². The van der Waals surface area contributed by atoms with Crippen LogP contribution in [-0.4, -0.2) is 41.7 Å². The minimum Gasteiger partial charge on any atom is -0.481 e. The first-order chi connectivity index (χ1) is 4.68. The Morgan fingerprint density at radius 3 is 2.70 bits per heavy atom. The molecule has 1 aliphatic rings. The van der Waals surface area contributed by atoms with Crippen molar-refractivity contribution in [2.24, 2.45) is 5.73 Å². The normalized spacial score (nSPS) is 20.5. The van der Waals surface area contributed by atoms with Crippen LogP contribution < -0.4 is 5.73 Å². The van der Waals surface area contributed by atoms with Crippen molar-refractivity contribution in [2.45, 2.75) is 12.5 Å². The first-order valence-corrected chi connectivity index (χ1v) is 3.38. The van der Waals surface area contributed by atoms with Crippen LogP contribution in [0.25, 0.3) is 0 Å². The molecule has 0 spiro atoms. The summed E-state index contributed by atoms with van der Waals surface area (Å²) >= 11 is 0. The summed E-state index contributed by atoms with van der Waals surface area (Å²) in [5, 5.41) is 8.29. The molecule has 0 bridgehead atoms. The molecule has 0 aromatic heterocycles. The highest BCUT2D eigenvalue weighted by atomic mass is 16.4. The zero-order valence-corrected chi connectivity index (χ0v) is 5.79. The Balaban J connectivity index is 2.00.